The summed E-state index contributed by atoms with van der Waals surface area (Å²) in [5.41, 5.74) is 1.19. The van der Waals surface area contributed by atoms with Gasteiger partial charge in [0, 0.05) is 19.0 Å². The maximum absolute atomic E-state index is 12.8. The van der Waals surface area contributed by atoms with Gasteiger partial charge in [-0.05, 0) is 42.9 Å². The Kier molecular flexibility index (Phi) is 5.59. The Morgan fingerprint density at radius 3 is 2.25 bits per heavy atom. The minimum Gasteiger partial charge on any atom is -0.350 e. The summed E-state index contributed by atoms with van der Waals surface area (Å²) in [5.74, 6) is 0.746. The molecule has 1 aromatic rings. The van der Waals surface area contributed by atoms with Gasteiger partial charge < -0.3 is 9.47 Å². The predicted octanol–water partition coefficient (Wildman–Crippen LogP) is 2.97. The first-order valence-electron chi connectivity index (χ1n) is 8.85. The lowest BCUT2D eigenvalue weighted by atomic mass is 9.98. The van der Waals surface area contributed by atoms with Crippen LogP contribution in [0.2, 0.25) is 0 Å². The van der Waals surface area contributed by atoms with E-state index in [1.165, 1.54) is 5.56 Å². The van der Waals surface area contributed by atoms with E-state index in [9.17, 15) is 8.42 Å². The second kappa shape index (κ2) is 7.52. The summed E-state index contributed by atoms with van der Waals surface area (Å²) in [5, 5.41) is 0. The molecule has 0 N–H and O–H groups in total. The van der Waals surface area contributed by atoms with Crippen LogP contribution in [0.5, 0.6) is 0 Å². The van der Waals surface area contributed by atoms with Crippen LogP contribution in [0.15, 0.2) is 29.2 Å². The molecule has 2 aliphatic rings. The second-order valence-corrected chi connectivity index (χ2v) is 8.67. The molecule has 0 saturated carbocycles. The minimum atomic E-state index is -3.41. The molecule has 2 heterocycles. The quantitative estimate of drug-likeness (QED) is 0.817. The van der Waals surface area contributed by atoms with E-state index in [-0.39, 0.29) is 6.29 Å². The van der Waals surface area contributed by atoms with Crippen molar-refractivity contribution in [1.82, 2.24) is 4.31 Å². The second-order valence-electron chi connectivity index (χ2n) is 6.73. The highest BCUT2D eigenvalue weighted by Crippen LogP contribution is 2.29. The smallest absolute Gasteiger partial charge is 0.243 e. The number of rotatable bonds is 5. The van der Waals surface area contributed by atoms with E-state index in [0.717, 1.165) is 19.3 Å². The van der Waals surface area contributed by atoms with E-state index < -0.39 is 10.0 Å². The third-order valence-electron chi connectivity index (χ3n) is 5.23. The van der Waals surface area contributed by atoms with Gasteiger partial charge in [0.2, 0.25) is 10.0 Å². The Labute approximate surface area is 145 Å². The third kappa shape index (κ3) is 3.67. The van der Waals surface area contributed by atoms with Crippen molar-refractivity contribution in [2.45, 2.75) is 50.2 Å². The zero-order valence-corrected chi connectivity index (χ0v) is 15.3. The van der Waals surface area contributed by atoms with Crippen molar-refractivity contribution < 1.29 is 17.9 Å². The highest BCUT2D eigenvalue weighted by Gasteiger charge is 2.34. The van der Waals surface area contributed by atoms with Crippen LogP contribution >= 0.6 is 0 Å². The van der Waals surface area contributed by atoms with E-state index in [4.69, 9.17) is 9.47 Å². The molecular formula is C18H27NO4S. The average Bonchev–Trinajstić information content (AvgIpc) is 3.16. The summed E-state index contributed by atoms with van der Waals surface area (Å²) >= 11 is 0. The first kappa shape index (κ1) is 17.9. The van der Waals surface area contributed by atoms with Gasteiger partial charge in [-0.25, -0.2) is 8.42 Å². The first-order valence-corrected chi connectivity index (χ1v) is 10.3. The maximum Gasteiger partial charge on any atom is 0.243 e. The molecule has 3 rings (SSSR count). The molecule has 1 aromatic carbocycles. The lowest BCUT2D eigenvalue weighted by Crippen LogP contribution is -2.41. The summed E-state index contributed by atoms with van der Waals surface area (Å²) in [6, 6.07) is 7.36. The predicted molar refractivity (Wildman–Crippen MR) is 92.3 cm³/mol. The van der Waals surface area contributed by atoms with E-state index in [0.29, 0.717) is 43.0 Å². The van der Waals surface area contributed by atoms with Crippen LogP contribution in [0.3, 0.4) is 0 Å². The van der Waals surface area contributed by atoms with Crippen molar-refractivity contribution in [2.24, 2.45) is 5.92 Å². The summed E-state index contributed by atoms with van der Waals surface area (Å²) < 4.78 is 38.4. The van der Waals surface area contributed by atoms with Crippen LogP contribution in [0.1, 0.15) is 44.6 Å². The fourth-order valence-corrected chi connectivity index (χ4v) is 4.86. The fourth-order valence-electron chi connectivity index (χ4n) is 3.39. The fraction of sp³-hybridized carbons (Fsp3) is 0.667. The van der Waals surface area contributed by atoms with Gasteiger partial charge in [0.05, 0.1) is 18.1 Å². The lowest BCUT2D eigenvalue weighted by molar-refractivity contribution is -0.0938. The van der Waals surface area contributed by atoms with Gasteiger partial charge in [0.15, 0.2) is 6.29 Å². The van der Waals surface area contributed by atoms with Crippen molar-refractivity contribution in [2.75, 3.05) is 26.3 Å². The zero-order chi connectivity index (χ0) is 17.2. The third-order valence-corrected chi connectivity index (χ3v) is 7.14. The summed E-state index contributed by atoms with van der Waals surface area (Å²) in [6.45, 7) is 6.64. The van der Waals surface area contributed by atoms with Crippen molar-refractivity contribution in [3.8, 4) is 0 Å². The summed E-state index contributed by atoms with van der Waals surface area (Å²) in [4.78, 5) is 0.390. The van der Waals surface area contributed by atoms with E-state index in [1.54, 1.807) is 16.4 Å². The molecule has 134 valence electrons. The van der Waals surface area contributed by atoms with Crippen LogP contribution in [0, 0.1) is 5.92 Å². The van der Waals surface area contributed by atoms with Crippen LogP contribution in [0.4, 0.5) is 0 Å². The zero-order valence-electron chi connectivity index (χ0n) is 14.5. The monoisotopic (exact) mass is 353 g/mol. The highest BCUT2D eigenvalue weighted by atomic mass is 32.2. The maximum atomic E-state index is 12.8. The summed E-state index contributed by atoms with van der Waals surface area (Å²) in [7, 11) is -3.41. The van der Waals surface area contributed by atoms with Gasteiger partial charge in [-0.15, -0.1) is 0 Å². The highest BCUT2D eigenvalue weighted by molar-refractivity contribution is 7.89. The molecule has 0 radical (unpaired) electrons. The minimum absolute atomic E-state index is 0.148. The molecule has 24 heavy (non-hydrogen) atoms. The molecule has 0 spiro atoms. The number of benzene rings is 1. The van der Waals surface area contributed by atoms with E-state index in [2.05, 4.69) is 13.8 Å². The number of nitrogens with zero attached hydrogens (tertiary/aromatic N) is 1. The molecule has 1 atom stereocenters. The van der Waals surface area contributed by atoms with Crippen molar-refractivity contribution in [1.29, 1.82) is 0 Å². The summed E-state index contributed by atoms with van der Waals surface area (Å²) in [6.07, 6.45) is 2.47. The molecule has 0 aliphatic carbocycles. The Morgan fingerprint density at radius 2 is 1.71 bits per heavy atom. The van der Waals surface area contributed by atoms with Crippen molar-refractivity contribution in [3.63, 3.8) is 0 Å². The Hall–Kier alpha value is -0.950. The van der Waals surface area contributed by atoms with Gasteiger partial charge in [-0.1, -0.05) is 26.0 Å². The standard InChI is InChI=1S/C18H27NO4S/c1-3-14(2)15-4-6-17(7-5-15)24(20,21)19-10-8-16(9-11-19)18-22-12-13-23-18/h4-7,14,16,18H,3,8-13H2,1-2H3. The molecule has 0 amide bonds. The average molecular weight is 353 g/mol. The van der Waals surface area contributed by atoms with Gasteiger partial charge in [-0.2, -0.15) is 4.31 Å². The van der Waals surface area contributed by atoms with Gasteiger partial charge >= 0.3 is 0 Å². The number of hydrogen-bond acceptors (Lipinski definition) is 4. The number of piperidine rings is 1. The molecule has 0 bridgehead atoms. The topological polar surface area (TPSA) is 55.8 Å². The molecule has 5 nitrogen and oxygen atoms in total. The first-order chi connectivity index (χ1) is 11.5. The van der Waals surface area contributed by atoms with Gasteiger partial charge in [0.25, 0.3) is 0 Å². The number of hydrogen-bond donors (Lipinski definition) is 0. The van der Waals surface area contributed by atoms with Gasteiger partial charge in [-0.3, -0.25) is 0 Å². The van der Waals surface area contributed by atoms with E-state index in [1.807, 2.05) is 12.1 Å². The Morgan fingerprint density at radius 1 is 1.12 bits per heavy atom. The van der Waals surface area contributed by atoms with E-state index >= 15 is 0 Å². The van der Waals surface area contributed by atoms with Crippen LogP contribution in [-0.2, 0) is 19.5 Å². The molecule has 1 unspecified atom stereocenters. The van der Waals surface area contributed by atoms with Crippen LogP contribution in [0.25, 0.3) is 0 Å². The largest absolute Gasteiger partial charge is 0.350 e. The molecular weight excluding hydrogens is 326 g/mol. The Bertz CT molecular complexity index is 629. The molecule has 6 heteroatoms. The molecule has 2 aliphatic heterocycles. The number of sulfonamides is 1. The van der Waals surface area contributed by atoms with Gasteiger partial charge in [0.1, 0.15) is 0 Å². The van der Waals surface area contributed by atoms with Crippen LogP contribution in [-0.4, -0.2) is 45.3 Å². The van der Waals surface area contributed by atoms with Crippen molar-refractivity contribution >= 4 is 10.0 Å². The normalized spacial score (nSPS) is 22.8. The molecule has 2 saturated heterocycles. The molecule has 2 fully saturated rings. The van der Waals surface area contributed by atoms with Crippen molar-refractivity contribution in [3.05, 3.63) is 29.8 Å². The Balaban J connectivity index is 1.65. The number of ether oxygens (including phenoxy) is 2. The van der Waals surface area contributed by atoms with Crippen LogP contribution < -0.4 is 0 Å². The SMILES string of the molecule is CCC(C)c1ccc(S(=O)(=O)N2CCC(C3OCCO3)CC2)cc1. The molecule has 0 aromatic heterocycles. The lowest BCUT2D eigenvalue weighted by Gasteiger charge is -2.33.